The maximum Gasteiger partial charge on any atom is 0.224 e. The van der Waals surface area contributed by atoms with Crippen molar-refractivity contribution in [1.29, 1.82) is 0 Å². The molecule has 0 saturated carbocycles. The van der Waals surface area contributed by atoms with Gasteiger partial charge >= 0.3 is 0 Å². The molecule has 4 nitrogen and oxygen atoms in total. The van der Waals surface area contributed by atoms with Crippen molar-refractivity contribution >= 4 is 40.0 Å². The number of benzene rings is 1. The topological polar surface area (TPSA) is 49.8 Å². The van der Waals surface area contributed by atoms with Gasteiger partial charge < -0.3 is 10.6 Å². The second-order valence-electron chi connectivity index (χ2n) is 3.28. The minimum Gasteiger partial charge on any atom is -0.357 e. The van der Waals surface area contributed by atoms with Crippen molar-refractivity contribution in [1.82, 2.24) is 9.97 Å². The number of hydrogen-bond donors (Lipinski definition) is 2. The molecule has 0 fully saturated rings. The largest absolute Gasteiger partial charge is 0.357 e. The summed E-state index contributed by atoms with van der Waals surface area (Å²) in [6, 6.07) is 7.60. The summed E-state index contributed by atoms with van der Waals surface area (Å²) in [5.41, 5.74) is 0.788. The van der Waals surface area contributed by atoms with Crippen LogP contribution in [0.5, 0.6) is 0 Å². The van der Waals surface area contributed by atoms with E-state index in [0.717, 1.165) is 15.5 Å². The average Bonchev–Trinajstić information content (AvgIpc) is 2.32. The lowest BCUT2D eigenvalue weighted by Crippen LogP contribution is -2.03. The Balaban J connectivity index is 2.29. The lowest BCUT2D eigenvalue weighted by Gasteiger charge is -2.08. The molecule has 17 heavy (non-hydrogen) atoms. The van der Waals surface area contributed by atoms with Crippen molar-refractivity contribution in [2.45, 2.75) is 0 Å². The van der Waals surface area contributed by atoms with Crippen LogP contribution >= 0.6 is 22.6 Å². The van der Waals surface area contributed by atoms with Gasteiger partial charge in [0.05, 0.1) is 6.20 Å². The molecule has 0 amide bonds. The van der Waals surface area contributed by atoms with Crippen LogP contribution in [0.3, 0.4) is 0 Å². The summed E-state index contributed by atoms with van der Waals surface area (Å²) in [7, 11) is 1.68. The van der Waals surface area contributed by atoms with Crippen LogP contribution < -0.4 is 10.6 Å². The molecule has 1 aromatic heterocycles. The van der Waals surface area contributed by atoms with Gasteiger partial charge in [0.15, 0.2) is 11.6 Å². The highest BCUT2D eigenvalue weighted by Gasteiger charge is 2.06. The fraction of sp³-hybridized carbons (Fsp3) is 0.0909. The molecular formula is C11H10FIN4. The van der Waals surface area contributed by atoms with Crippen LogP contribution in [0.2, 0.25) is 0 Å². The Morgan fingerprint density at radius 3 is 2.88 bits per heavy atom. The Kier molecular flexibility index (Phi) is 3.72. The van der Waals surface area contributed by atoms with Crippen molar-refractivity contribution in [2.24, 2.45) is 0 Å². The molecule has 0 spiro atoms. The lowest BCUT2D eigenvalue weighted by molar-refractivity contribution is 0.619. The highest BCUT2D eigenvalue weighted by atomic mass is 127. The molecule has 0 aliphatic rings. The van der Waals surface area contributed by atoms with E-state index in [1.807, 2.05) is 24.3 Å². The number of hydrogen-bond acceptors (Lipinski definition) is 4. The molecule has 0 bridgehead atoms. The van der Waals surface area contributed by atoms with Gasteiger partial charge in [0.2, 0.25) is 5.95 Å². The molecule has 6 heteroatoms. The molecule has 1 heterocycles. The zero-order chi connectivity index (χ0) is 12.3. The monoisotopic (exact) mass is 344 g/mol. The summed E-state index contributed by atoms with van der Waals surface area (Å²) in [4.78, 5) is 7.78. The van der Waals surface area contributed by atoms with Gasteiger partial charge in [-0.3, -0.25) is 0 Å². The second kappa shape index (κ2) is 5.26. The Morgan fingerprint density at radius 1 is 1.35 bits per heavy atom. The van der Waals surface area contributed by atoms with Crippen molar-refractivity contribution in [2.75, 3.05) is 17.7 Å². The molecule has 0 radical (unpaired) electrons. The van der Waals surface area contributed by atoms with E-state index in [-0.39, 0.29) is 5.82 Å². The predicted octanol–water partition coefficient (Wildman–Crippen LogP) is 3.01. The Bertz CT molecular complexity index is 533. The summed E-state index contributed by atoms with van der Waals surface area (Å²) in [6.07, 6.45) is 1.13. The first kappa shape index (κ1) is 12.0. The summed E-state index contributed by atoms with van der Waals surface area (Å²) in [5, 5.41) is 5.68. The molecule has 2 rings (SSSR count). The van der Waals surface area contributed by atoms with Gasteiger partial charge in [-0.2, -0.15) is 4.98 Å². The normalized spacial score (nSPS) is 10.1. The van der Waals surface area contributed by atoms with Crippen LogP contribution in [0.4, 0.5) is 21.8 Å². The fourth-order valence-electron chi connectivity index (χ4n) is 1.28. The zero-order valence-electron chi connectivity index (χ0n) is 9.04. The smallest absolute Gasteiger partial charge is 0.224 e. The first-order valence-electron chi connectivity index (χ1n) is 4.92. The number of halogens is 2. The van der Waals surface area contributed by atoms with Crippen molar-refractivity contribution in [3.8, 4) is 0 Å². The first-order valence-corrected chi connectivity index (χ1v) is 6.00. The van der Waals surface area contributed by atoms with E-state index in [1.165, 1.54) is 0 Å². The predicted molar refractivity (Wildman–Crippen MR) is 74.0 cm³/mol. The van der Waals surface area contributed by atoms with Gasteiger partial charge in [-0.25, -0.2) is 9.37 Å². The van der Waals surface area contributed by atoms with Crippen LogP contribution in [0.1, 0.15) is 0 Å². The van der Waals surface area contributed by atoms with Crippen molar-refractivity contribution in [3.05, 3.63) is 39.8 Å². The number of rotatable bonds is 3. The number of aromatic nitrogens is 2. The summed E-state index contributed by atoms with van der Waals surface area (Å²) in [5.74, 6) is 0.0498. The van der Waals surface area contributed by atoms with E-state index >= 15 is 0 Å². The van der Waals surface area contributed by atoms with Crippen molar-refractivity contribution in [3.63, 3.8) is 0 Å². The molecule has 0 unspecified atom stereocenters. The van der Waals surface area contributed by atoms with E-state index < -0.39 is 5.82 Å². The molecule has 0 aliphatic carbocycles. The van der Waals surface area contributed by atoms with Crippen LogP contribution in [-0.2, 0) is 0 Å². The van der Waals surface area contributed by atoms with E-state index in [0.29, 0.717) is 5.95 Å². The maximum atomic E-state index is 13.5. The third-order valence-corrected chi connectivity index (χ3v) is 2.73. The molecule has 88 valence electrons. The second-order valence-corrected chi connectivity index (χ2v) is 4.52. The van der Waals surface area contributed by atoms with Gasteiger partial charge in [-0.1, -0.05) is 6.07 Å². The van der Waals surface area contributed by atoms with Crippen LogP contribution in [0.15, 0.2) is 30.5 Å². The standard InChI is InChI=1S/C11H10FIN4/c1-14-11-15-6-9(12)10(17-11)16-8-4-2-3-7(13)5-8/h2-6H,1H3,(H2,14,15,16,17). The molecule has 1 aromatic carbocycles. The average molecular weight is 344 g/mol. The molecule has 0 saturated heterocycles. The van der Waals surface area contributed by atoms with E-state index in [9.17, 15) is 4.39 Å². The molecule has 2 N–H and O–H groups in total. The Labute approximate surface area is 112 Å². The third kappa shape index (κ3) is 3.02. The molecule has 0 aliphatic heterocycles. The third-order valence-electron chi connectivity index (χ3n) is 2.06. The first-order chi connectivity index (χ1) is 8.19. The molecular weight excluding hydrogens is 334 g/mol. The van der Waals surface area contributed by atoms with Crippen LogP contribution in [0.25, 0.3) is 0 Å². The molecule has 2 aromatic rings. The lowest BCUT2D eigenvalue weighted by atomic mass is 10.3. The summed E-state index contributed by atoms with van der Waals surface area (Å²) < 4.78 is 14.5. The molecule has 0 atom stereocenters. The highest BCUT2D eigenvalue weighted by molar-refractivity contribution is 14.1. The van der Waals surface area contributed by atoms with Gasteiger partial charge in [0.25, 0.3) is 0 Å². The number of nitrogens with one attached hydrogen (secondary N) is 2. The Hall–Kier alpha value is -1.44. The summed E-state index contributed by atoms with van der Waals surface area (Å²) in [6.45, 7) is 0. The minimum absolute atomic E-state index is 0.159. The van der Waals surface area contributed by atoms with E-state index in [2.05, 4.69) is 43.2 Å². The van der Waals surface area contributed by atoms with Gasteiger partial charge in [0, 0.05) is 16.3 Å². The van der Waals surface area contributed by atoms with Crippen LogP contribution in [0, 0.1) is 9.39 Å². The maximum absolute atomic E-state index is 13.5. The quantitative estimate of drug-likeness (QED) is 0.841. The van der Waals surface area contributed by atoms with Crippen molar-refractivity contribution < 1.29 is 4.39 Å². The number of anilines is 3. The van der Waals surface area contributed by atoms with Gasteiger partial charge in [-0.05, 0) is 40.8 Å². The summed E-state index contributed by atoms with van der Waals surface area (Å²) >= 11 is 2.19. The Morgan fingerprint density at radius 2 is 2.18 bits per heavy atom. The fourth-order valence-corrected chi connectivity index (χ4v) is 1.82. The van der Waals surface area contributed by atoms with Crippen LogP contribution in [-0.4, -0.2) is 17.0 Å². The SMILES string of the molecule is CNc1ncc(F)c(Nc2cccc(I)c2)n1. The number of nitrogens with zero attached hydrogens (tertiary/aromatic N) is 2. The van der Waals surface area contributed by atoms with Gasteiger partial charge in [-0.15, -0.1) is 0 Å². The van der Waals surface area contributed by atoms with Gasteiger partial charge in [0.1, 0.15) is 0 Å². The van der Waals surface area contributed by atoms with E-state index in [1.54, 1.807) is 7.05 Å². The van der Waals surface area contributed by atoms with E-state index in [4.69, 9.17) is 0 Å². The highest BCUT2D eigenvalue weighted by Crippen LogP contribution is 2.19. The minimum atomic E-state index is -0.483. The zero-order valence-corrected chi connectivity index (χ0v) is 11.2.